The van der Waals surface area contributed by atoms with Crippen molar-refractivity contribution in [3.8, 4) is 0 Å². The second-order valence-corrected chi connectivity index (χ2v) is 6.54. The molecule has 2 aliphatic heterocycles. The molecule has 2 fully saturated rings. The number of nitrogens with one attached hydrogen (secondary N) is 1. The van der Waals surface area contributed by atoms with Crippen LogP contribution in [0.3, 0.4) is 0 Å². The molecule has 110 valence electrons. The molecule has 1 amide bonds. The molecule has 0 aromatic carbocycles. The molecule has 0 aliphatic carbocycles. The molecule has 0 aromatic rings. The fourth-order valence-electron chi connectivity index (χ4n) is 3.23. The highest BCUT2D eigenvalue weighted by molar-refractivity contribution is 5.75. The van der Waals surface area contributed by atoms with Crippen LogP contribution in [0.4, 0.5) is 0 Å². The number of rotatable bonds is 5. The van der Waals surface area contributed by atoms with Crippen LogP contribution >= 0.6 is 0 Å². The average molecular weight is 267 g/mol. The summed E-state index contributed by atoms with van der Waals surface area (Å²) >= 11 is 0. The first kappa shape index (κ1) is 14.8. The second kappa shape index (κ2) is 6.23. The van der Waals surface area contributed by atoms with Gasteiger partial charge in [0.05, 0.1) is 0 Å². The van der Waals surface area contributed by atoms with Crippen LogP contribution in [0.15, 0.2) is 0 Å². The Morgan fingerprint density at radius 2 is 1.89 bits per heavy atom. The van der Waals surface area contributed by atoms with Crippen molar-refractivity contribution < 1.29 is 4.79 Å². The first-order valence-electron chi connectivity index (χ1n) is 7.78. The smallest absolute Gasteiger partial charge is 0.219 e. The molecule has 4 nitrogen and oxygen atoms in total. The standard InChI is InChI=1S/C15H29N3O/c1-4-14(19)16-7-10-17-8-5-15(6-9-17)11-18(12-15)13(2)3/h13H,4-12H2,1-3H3,(H,16,19). The number of hydrogen-bond acceptors (Lipinski definition) is 3. The molecule has 2 saturated heterocycles. The maximum atomic E-state index is 11.2. The van der Waals surface area contributed by atoms with Crippen LogP contribution < -0.4 is 5.32 Å². The zero-order valence-electron chi connectivity index (χ0n) is 12.7. The lowest BCUT2D eigenvalue weighted by Crippen LogP contribution is -2.62. The highest BCUT2D eigenvalue weighted by Gasteiger charge is 2.45. The van der Waals surface area contributed by atoms with Crippen molar-refractivity contribution >= 4 is 5.91 Å². The van der Waals surface area contributed by atoms with Gasteiger partial charge in [0.15, 0.2) is 0 Å². The van der Waals surface area contributed by atoms with Gasteiger partial charge in [0.1, 0.15) is 0 Å². The molecule has 4 heteroatoms. The van der Waals surface area contributed by atoms with Crippen LogP contribution in [-0.2, 0) is 4.79 Å². The molecular weight excluding hydrogens is 238 g/mol. The van der Waals surface area contributed by atoms with Crippen molar-refractivity contribution in [2.75, 3.05) is 39.3 Å². The van der Waals surface area contributed by atoms with Crippen LogP contribution in [0.5, 0.6) is 0 Å². The van der Waals surface area contributed by atoms with E-state index >= 15 is 0 Å². The van der Waals surface area contributed by atoms with Crippen molar-refractivity contribution in [3.63, 3.8) is 0 Å². The van der Waals surface area contributed by atoms with Crippen molar-refractivity contribution in [1.29, 1.82) is 0 Å². The van der Waals surface area contributed by atoms with Crippen LogP contribution in [0.1, 0.15) is 40.0 Å². The molecule has 0 saturated carbocycles. The van der Waals surface area contributed by atoms with E-state index in [4.69, 9.17) is 0 Å². The number of likely N-dealkylation sites (tertiary alicyclic amines) is 2. The third kappa shape index (κ3) is 3.69. The minimum atomic E-state index is 0.167. The molecule has 2 rings (SSSR count). The Morgan fingerprint density at radius 1 is 1.26 bits per heavy atom. The van der Waals surface area contributed by atoms with E-state index < -0.39 is 0 Å². The lowest BCUT2D eigenvalue weighted by atomic mass is 9.71. The number of amides is 1. The zero-order chi connectivity index (χ0) is 13.9. The lowest BCUT2D eigenvalue weighted by Gasteiger charge is -2.55. The number of carbonyl (C=O) groups is 1. The van der Waals surface area contributed by atoms with Crippen molar-refractivity contribution in [1.82, 2.24) is 15.1 Å². The average Bonchev–Trinajstić information content (AvgIpc) is 2.36. The van der Waals surface area contributed by atoms with Gasteiger partial charge >= 0.3 is 0 Å². The van der Waals surface area contributed by atoms with Gasteiger partial charge in [0.2, 0.25) is 5.91 Å². The first-order valence-corrected chi connectivity index (χ1v) is 7.78. The molecule has 0 atom stereocenters. The Labute approximate surface area is 117 Å². The topological polar surface area (TPSA) is 35.6 Å². The summed E-state index contributed by atoms with van der Waals surface area (Å²) in [5, 5.41) is 2.96. The summed E-state index contributed by atoms with van der Waals surface area (Å²) in [6, 6.07) is 0.702. The summed E-state index contributed by atoms with van der Waals surface area (Å²) < 4.78 is 0. The molecule has 1 spiro atoms. The Hall–Kier alpha value is -0.610. The van der Waals surface area contributed by atoms with Crippen LogP contribution in [0, 0.1) is 5.41 Å². The van der Waals surface area contributed by atoms with Gasteiger partial charge in [-0.15, -0.1) is 0 Å². The highest BCUT2D eigenvalue weighted by Crippen LogP contribution is 2.41. The van der Waals surface area contributed by atoms with E-state index in [-0.39, 0.29) is 5.91 Å². The second-order valence-electron chi connectivity index (χ2n) is 6.54. The number of hydrogen-bond donors (Lipinski definition) is 1. The maximum absolute atomic E-state index is 11.2. The minimum Gasteiger partial charge on any atom is -0.355 e. The largest absolute Gasteiger partial charge is 0.355 e. The number of carbonyl (C=O) groups excluding carboxylic acids is 1. The Kier molecular flexibility index (Phi) is 4.85. The van der Waals surface area contributed by atoms with Gasteiger partial charge in [-0.3, -0.25) is 9.69 Å². The molecule has 0 aromatic heterocycles. The fourth-order valence-corrected chi connectivity index (χ4v) is 3.23. The van der Waals surface area contributed by atoms with E-state index in [1.807, 2.05) is 6.92 Å². The van der Waals surface area contributed by atoms with E-state index in [1.54, 1.807) is 0 Å². The van der Waals surface area contributed by atoms with Crippen LogP contribution in [0.25, 0.3) is 0 Å². The molecule has 0 radical (unpaired) electrons. The minimum absolute atomic E-state index is 0.167. The van der Waals surface area contributed by atoms with Crippen molar-refractivity contribution in [3.05, 3.63) is 0 Å². The molecule has 1 N–H and O–H groups in total. The zero-order valence-corrected chi connectivity index (χ0v) is 12.7. The predicted octanol–water partition coefficient (Wildman–Crippen LogP) is 1.32. The van der Waals surface area contributed by atoms with Crippen LogP contribution in [0.2, 0.25) is 0 Å². The number of nitrogens with zero attached hydrogens (tertiary/aromatic N) is 2. The van der Waals surface area contributed by atoms with E-state index in [1.165, 1.54) is 39.0 Å². The van der Waals surface area contributed by atoms with Gasteiger partial charge in [-0.25, -0.2) is 0 Å². The van der Waals surface area contributed by atoms with Gasteiger partial charge in [-0.2, -0.15) is 0 Å². The summed E-state index contributed by atoms with van der Waals surface area (Å²) in [6.45, 7) is 13.3. The Bertz CT molecular complexity index is 301. The van der Waals surface area contributed by atoms with Crippen LogP contribution in [-0.4, -0.2) is 61.0 Å². The van der Waals surface area contributed by atoms with Crippen molar-refractivity contribution in [2.24, 2.45) is 5.41 Å². The highest BCUT2D eigenvalue weighted by atomic mass is 16.1. The molecule has 0 bridgehead atoms. The van der Waals surface area contributed by atoms with E-state index in [0.29, 0.717) is 17.9 Å². The van der Waals surface area contributed by atoms with E-state index in [2.05, 4.69) is 29.0 Å². The van der Waals surface area contributed by atoms with Gasteiger partial charge in [0.25, 0.3) is 0 Å². The summed E-state index contributed by atoms with van der Waals surface area (Å²) in [5.74, 6) is 0.167. The molecule has 2 heterocycles. The Balaban J connectivity index is 1.62. The van der Waals surface area contributed by atoms with E-state index in [0.717, 1.165) is 13.1 Å². The predicted molar refractivity (Wildman–Crippen MR) is 78.1 cm³/mol. The molecule has 19 heavy (non-hydrogen) atoms. The lowest BCUT2D eigenvalue weighted by molar-refractivity contribution is -0.120. The SMILES string of the molecule is CCC(=O)NCCN1CCC2(CC1)CN(C(C)C)C2. The first-order chi connectivity index (χ1) is 9.04. The maximum Gasteiger partial charge on any atom is 0.219 e. The third-order valence-corrected chi connectivity index (χ3v) is 4.80. The van der Waals surface area contributed by atoms with Crippen molar-refractivity contribution in [2.45, 2.75) is 46.1 Å². The summed E-state index contributed by atoms with van der Waals surface area (Å²) in [5.41, 5.74) is 0.618. The Morgan fingerprint density at radius 3 is 2.42 bits per heavy atom. The van der Waals surface area contributed by atoms with E-state index in [9.17, 15) is 4.79 Å². The van der Waals surface area contributed by atoms with Gasteiger partial charge < -0.3 is 10.2 Å². The third-order valence-electron chi connectivity index (χ3n) is 4.80. The van der Waals surface area contributed by atoms with Gasteiger partial charge in [-0.05, 0) is 45.2 Å². The fraction of sp³-hybridized carbons (Fsp3) is 0.933. The summed E-state index contributed by atoms with van der Waals surface area (Å²) in [6.07, 6.45) is 3.25. The van der Waals surface area contributed by atoms with Gasteiger partial charge in [0, 0.05) is 38.6 Å². The number of piperidine rings is 1. The molecule has 2 aliphatic rings. The van der Waals surface area contributed by atoms with Gasteiger partial charge in [-0.1, -0.05) is 6.92 Å². The molecular formula is C15H29N3O. The normalized spacial score (nSPS) is 23.6. The summed E-state index contributed by atoms with van der Waals surface area (Å²) in [7, 11) is 0. The quantitative estimate of drug-likeness (QED) is 0.816. The summed E-state index contributed by atoms with van der Waals surface area (Å²) in [4.78, 5) is 16.3. The monoisotopic (exact) mass is 267 g/mol. The molecule has 0 unspecified atom stereocenters.